The van der Waals surface area contributed by atoms with Gasteiger partial charge in [-0.2, -0.15) is 5.10 Å². The summed E-state index contributed by atoms with van der Waals surface area (Å²) in [6.07, 6.45) is 7.10. The van der Waals surface area contributed by atoms with E-state index >= 15 is 0 Å². The zero-order valence-corrected chi connectivity index (χ0v) is 14.2. The van der Waals surface area contributed by atoms with Gasteiger partial charge in [-0.25, -0.2) is 9.78 Å². The van der Waals surface area contributed by atoms with E-state index in [4.69, 9.17) is 10.1 Å². The molecule has 4 heterocycles. The highest BCUT2D eigenvalue weighted by atomic mass is 16.4. The standard InChI is InChI=1S/C18H21N5O2/c1-13-3-2-4-17-20-15(12-22(13)17)11-21-7-5-16(6-8-21)23-10-14(9-19-23)18(24)25/h2-4,9-10,12,16H,5-8,11H2,1H3,(H,24,25). The molecule has 7 nitrogen and oxygen atoms in total. The van der Waals surface area contributed by atoms with Crippen LogP contribution in [0.4, 0.5) is 0 Å². The van der Waals surface area contributed by atoms with Crippen molar-refractivity contribution in [3.63, 3.8) is 0 Å². The first kappa shape index (κ1) is 15.8. The van der Waals surface area contributed by atoms with Crippen molar-refractivity contribution >= 4 is 11.6 Å². The third kappa shape index (κ3) is 3.15. The summed E-state index contributed by atoms with van der Waals surface area (Å²) in [5, 5.41) is 13.2. The van der Waals surface area contributed by atoms with Gasteiger partial charge in [-0.1, -0.05) is 6.07 Å². The number of hydrogen-bond donors (Lipinski definition) is 1. The van der Waals surface area contributed by atoms with E-state index < -0.39 is 5.97 Å². The molecule has 1 aliphatic heterocycles. The number of fused-ring (bicyclic) bond motifs is 1. The minimum absolute atomic E-state index is 0.252. The SMILES string of the molecule is Cc1cccc2nc(CN3CCC(n4cc(C(=O)O)cn4)CC3)cn12. The first-order chi connectivity index (χ1) is 12.1. The fraction of sp³-hybridized carbons (Fsp3) is 0.389. The first-order valence-electron chi connectivity index (χ1n) is 8.53. The number of nitrogens with zero attached hydrogens (tertiary/aromatic N) is 5. The molecule has 1 saturated heterocycles. The van der Waals surface area contributed by atoms with Gasteiger partial charge in [-0.15, -0.1) is 0 Å². The number of carboxylic acids is 1. The fourth-order valence-electron chi connectivity index (χ4n) is 3.49. The zero-order chi connectivity index (χ0) is 17.4. The van der Waals surface area contributed by atoms with Crippen molar-refractivity contribution in [3.05, 3.63) is 53.7 Å². The van der Waals surface area contributed by atoms with Crippen LogP contribution in [0.3, 0.4) is 0 Å². The predicted octanol–water partition coefficient (Wildman–Crippen LogP) is 2.37. The Morgan fingerprint density at radius 1 is 1.28 bits per heavy atom. The van der Waals surface area contributed by atoms with E-state index in [1.54, 1.807) is 10.9 Å². The van der Waals surface area contributed by atoms with Gasteiger partial charge >= 0.3 is 5.97 Å². The third-order valence-corrected chi connectivity index (χ3v) is 4.91. The van der Waals surface area contributed by atoms with E-state index in [9.17, 15) is 4.79 Å². The molecule has 1 fully saturated rings. The van der Waals surface area contributed by atoms with E-state index in [2.05, 4.69) is 33.6 Å². The highest BCUT2D eigenvalue weighted by Crippen LogP contribution is 2.23. The highest BCUT2D eigenvalue weighted by molar-refractivity contribution is 5.86. The molecule has 4 rings (SSSR count). The van der Waals surface area contributed by atoms with Crippen molar-refractivity contribution in [1.82, 2.24) is 24.1 Å². The highest BCUT2D eigenvalue weighted by Gasteiger charge is 2.22. The smallest absolute Gasteiger partial charge is 0.338 e. The van der Waals surface area contributed by atoms with Gasteiger partial charge in [0.2, 0.25) is 0 Å². The number of piperidine rings is 1. The van der Waals surface area contributed by atoms with Crippen molar-refractivity contribution in [2.24, 2.45) is 0 Å². The number of aromatic carboxylic acids is 1. The van der Waals surface area contributed by atoms with Gasteiger partial charge in [0, 0.05) is 37.7 Å². The molecule has 3 aromatic heterocycles. The molecule has 0 saturated carbocycles. The molecule has 0 atom stereocenters. The van der Waals surface area contributed by atoms with Crippen LogP contribution in [0.1, 0.15) is 40.6 Å². The van der Waals surface area contributed by atoms with Gasteiger partial charge in [0.15, 0.2) is 0 Å². The topological polar surface area (TPSA) is 75.7 Å². The molecule has 0 unspecified atom stereocenters. The maximum atomic E-state index is 11.0. The molecule has 1 N–H and O–H groups in total. The average molecular weight is 339 g/mol. The van der Waals surface area contributed by atoms with Crippen LogP contribution in [0.5, 0.6) is 0 Å². The van der Waals surface area contributed by atoms with E-state index in [0.717, 1.165) is 43.8 Å². The number of hydrogen-bond acceptors (Lipinski definition) is 4. The Labute approximate surface area is 145 Å². The van der Waals surface area contributed by atoms with Crippen LogP contribution in [-0.2, 0) is 6.54 Å². The third-order valence-electron chi connectivity index (χ3n) is 4.91. The number of carbonyl (C=O) groups is 1. The summed E-state index contributed by atoms with van der Waals surface area (Å²) in [4.78, 5) is 18.1. The van der Waals surface area contributed by atoms with Gasteiger partial charge in [0.1, 0.15) is 5.65 Å². The van der Waals surface area contributed by atoms with Crippen molar-refractivity contribution in [2.45, 2.75) is 32.4 Å². The van der Waals surface area contributed by atoms with Crippen molar-refractivity contribution in [3.8, 4) is 0 Å². The van der Waals surface area contributed by atoms with Gasteiger partial charge in [0.05, 0.1) is 23.5 Å². The Morgan fingerprint density at radius 3 is 2.76 bits per heavy atom. The van der Waals surface area contributed by atoms with Crippen LogP contribution in [0, 0.1) is 6.92 Å². The van der Waals surface area contributed by atoms with Crippen molar-refractivity contribution in [2.75, 3.05) is 13.1 Å². The fourth-order valence-corrected chi connectivity index (χ4v) is 3.49. The quantitative estimate of drug-likeness (QED) is 0.790. The molecule has 0 aromatic carbocycles. The van der Waals surface area contributed by atoms with E-state index in [1.807, 2.05) is 12.1 Å². The summed E-state index contributed by atoms with van der Waals surface area (Å²) in [7, 11) is 0. The van der Waals surface area contributed by atoms with E-state index in [0.29, 0.717) is 0 Å². The van der Waals surface area contributed by atoms with Crippen molar-refractivity contribution in [1.29, 1.82) is 0 Å². The first-order valence-corrected chi connectivity index (χ1v) is 8.53. The Morgan fingerprint density at radius 2 is 2.08 bits per heavy atom. The van der Waals surface area contributed by atoms with Gasteiger partial charge in [-0.3, -0.25) is 9.58 Å². The number of rotatable bonds is 4. The van der Waals surface area contributed by atoms with E-state index in [1.165, 1.54) is 11.9 Å². The molecule has 7 heteroatoms. The lowest BCUT2D eigenvalue weighted by Crippen LogP contribution is -2.34. The van der Waals surface area contributed by atoms with Gasteiger partial charge in [-0.05, 0) is 31.9 Å². The number of likely N-dealkylation sites (tertiary alicyclic amines) is 1. The largest absolute Gasteiger partial charge is 0.478 e. The molecule has 130 valence electrons. The van der Waals surface area contributed by atoms with Gasteiger partial charge in [0.25, 0.3) is 0 Å². The second-order valence-corrected chi connectivity index (χ2v) is 6.65. The lowest BCUT2D eigenvalue weighted by atomic mass is 10.1. The predicted molar refractivity (Wildman–Crippen MR) is 92.7 cm³/mol. The number of imidazole rings is 1. The van der Waals surface area contributed by atoms with Crippen LogP contribution in [0.2, 0.25) is 0 Å². The molecular weight excluding hydrogens is 318 g/mol. The summed E-state index contributed by atoms with van der Waals surface area (Å²) in [5.74, 6) is -0.925. The Kier molecular flexibility index (Phi) is 4.01. The molecule has 0 spiro atoms. The normalized spacial score (nSPS) is 16.5. The summed E-state index contributed by atoms with van der Waals surface area (Å²) in [6, 6.07) is 6.41. The average Bonchev–Trinajstić information content (AvgIpc) is 3.23. The Bertz CT molecular complexity index is 905. The maximum Gasteiger partial charge on any atom is 0.338 e. The number of aromatic nitrogens is 4. The Hall–Kier alpha value is -2.67. The molecular formula is C18H21N5O2. The minimum atomic E-state index is -0.925. The molecule has 0 bridgehead atoms. The van der Waals surface area contributed by atoms with Crippen LogP contribution >= 0.6 is 0 Å². The van der Waals surface area contributed by atoms with Crippen molar-refractivity contribution < 1.29 is 9.90 Å². The second kappa shape index (κ2) is 6.33. The lowest BCUT2D eigenvalue weighted by molar-refractivity contribution is 0.0696. The second-order valence-electron chi connectivity index (χ2n) is 6.65. The summed E-state index contributed by atoms with van der Waals surface area (Å²) in [6.45, 7) is 4.84. The van der Waals surface area contributed by atoms with Gasteiger partial charge < -0.3 is 9.51 Å². The maximum absolute atomic E-state index is 11.0. The molecule has 1 aliphatic rings. The van der Waals surface area contributed by atoms with E-state index in [-0.39, 0.29) is 11.6 Å². The summed E-state index contributed by atoms with van der Waals surface area (Å²) >= 11 is 0. The van der Waals surface area contributed by atoms with Crippen LogP contribution in [0.25, 0.3) is 5.65 Å². The van der Waals surface area contributed by atoms with Crippen LogP contribution in [-0.4, -0.2) is 48.2 Å². The number of aryl methyl sites for hydroxylation is 1. The zero-order valence-electron chi connectivity index (χ0n) is 14.2. The summed E-state index contributed by atoms with van der Waals surface area (Å²) in [5.41, 5.74) is 3.51. The molecule has 3 aromatic rings. The lowest BCUT2D eigenvalue weighted by Gasteiger charge is -2.31. The minimum Gasteiger partial charge on any atom is -0.478 e. The summed E-state index contributed by atoms with van der Waals surface area (Å²) < 4.78 is 3.92. The molecule has 25 heavy (non-hydrogen) atoms. The molecule has 0 aliphatic carbocycles. The Balaban J connectivity index is 1.39. The van der Waals surface area contributed by atoms with Crippen LogP contribution < -0.4 is 0 Å². The molecule has 0 radical (unpaired) electrons. The molecule has 0 amide bonds. The monoisotopic (exact) mass is 339 g/mol. The number of carboxylic acid groups (broad SMARTS) is 1. The number of pyridine rings is 1. The van der Waals surface area contributed by atoms with Crippen LogP contribution in [0.15, 0.2) is 36.8 Å².